The highest BCUT2D eigenvalue weighted by Crippen LogP contribution is 2.45. The molecule has 4 aliphatic rings. The van der Waals surface area contributed by atoms with Crippen molar-refractivity contribution in [3.63, 3.8) is 0 Å². The molecule has 1 saturated heterocycles. The molecule has 2 saturated carbocycles. The van der Waals surface area contributed by atoms with Crippen LogP contribution in [0.4, 0.5) is 9.18 Å². The number of likely N-dealkylation sites (tertiary alicyclic amines) is 1. The highest BCUT2D eigenvalue weighted by Gasteiger charge is 2.62. The second-order valence-corrected chi connectivity index (χ2v) is 13.4. The van der Waals surface area contributed by atoms with E-state index >= 15 is 0 Å². The number of rotatable bonds is 10. The summed E-state index contributed by atoms with van der Waals surface area (Å²) in [6.45, 7) is 4.80. The van der Waals surface area contributed by atoms with Gasteiger partial charge in [0.25, 0.3) is 5.91 Å². The third kappa shape index (κ3) is 6.32. The van der Waals surface area contributed by atoms with Gasteiger partial charge in [0.1, 0.15) is 23.5 Å². The monoisotopic (exact) mass is 631 g/mol. The molecule has 2 aliphatic carbocycles. The topological polar surface area (TPSA) is 171 Å². The van der Waals surface area contributed by atoms with Crippen molar-refractivity contribution in [2.24, 2.45) is 5.92 Å². The number of carbonyl (C=O) groups excluding carboxylic acids is 5. The van der Waals surface area contributed by atoms with Crippen LogP contribution in [-0.4, -0.2) is 84.0 Å². The van der Waals surface area contributed by atoms with Crippen molar-refractivity contribution in [2.75, 3.05) is 13.1 Å². The summed E-state index contributed by atoms with van der Waals surface area (Å²) >= 11 is 0. The Bertz CT molecular complexity index is 1540. The standard InChI is InChI=1S/C29H34FN5O8S/c1-3-6-24(36)31-13-25(37)35-15-19(43-28(40)34-14-17-7-5-8-22(30)21(17)16-34)11-23(35)26(38)32-29(12-18(29)4-2)27(39)33-44(41,42)20-9-10-20/h3-8,18-20,23H,2,9-16H2,1H3,(H,31,36)(H,32,38)(H,33,39)/t18-,19?,23+,29-/m1/s1. The molecule has 4 atom stereocenters. The van der Waals surface area contributed by atoms with E-state index in [0.717, 1.165) is 4.90 Å². The van der Waals surface area contributed by atoms with Gasteiger partial charge in [0.05, 0.1) is 24.9 Å². The normalized spacial score (nSPS) is 25.7. The molecule has 1 aromatic rings. The molecule has 0 radical (unpaired) electrons. The van der Waals surface area contributed by atoms with Gasteiger partial charge >= 0.3 is 6.09 Å². The van der Waals surface area contributed by atoms with Crippen LogP contribution in [0.1, 0.15) is 43.7 Å². The minimum atomic E-state index is -3.89. The first-order valence-corrected chi connectivity index (χ1v) is 15.9. The van der Waals surface area contributed by atoms with Crippen molar-refractivity contribution in [2.45, 2.75) is 68.6 Å². The zero-order chi connectivity index (χ0) is 31.8. The number of hydrogen-bond donors (Lipinski definition) is 3. The molecule has 0 spiro atoms. The summed E-state index contributed by atoms with van der Waals surface area (Å²) in [6, 6.07) is 3.35. The lowest BCUT2D eigenvalue weighted by molar-refractivity contribution is -0.139. The number of hydrogen-bond acceptors (Lipinski definition) is 8. The Morgan fingerprint density at radius 2 is 1.93 bits per heavy atom. The summed E-state index contributed by atoms with van der Waals surface area (Å²) in [4.78, 5) is 67.4. The van der Waals surface area contributed by atoms with E-state index in [1.807, 2.05) is 0 Å². The lowest BCUT2D eigenvalue weighted by atomic mass is 10.1. The van der Waals surface area contributed by atoms with Crippen LogP contribution in [0, 0.1) is 11.7 Å². The number of nitrogens with zero attached hydrogens (tertiary/aromatic N) is 2. The zero-order valence-electron chi connectivity index (χ0n) is 24.1. The summed E-state index contributed by atoms with van der Waals surface area (Å²) in [5.41, 5.74) is -0.543. The van der Waals surface area contributed by atoms with Crippen LogP contribution in [0.3, 0.4) is 0 Å². The van der Waals surface area contributed by atoms with Gasteiger partial charge in [0.2, 0.25) is 27.7 Å². The zero-order valence-corrected chi connectivity index (χ0v) is 24.9. The minimum Gasteiger partial charge on any atom is -0.444 e. The Morgan fingerprint density at radius 1 is 1.18 bits per heavy atom. The van der Waals surface area contributed by atoms with Crippen molar-refractivity contribution in [3.05, 3.63) is 60.0 Å². The Kier molecular flexibility index (Phi) is 8.51. The second kappa shape index (κ2) is 12.0. The predicted octanol–water partition coefficient (Wildman–Crippen LogP) is 0.609. The number of sulfonamides is 1. The number of allylic oxidation sites excluding steroid dienone is 1. The van der Waals surface area contributed by atoms with E-state index in [1.54, 1.807) is 19.1 Å². The van der Waals surface area contributed by atoms with Gasteiger partial charge in [-0.2, -0.15) is 0 Å². The first-order valence-electron chi connectivity index (χ1n) is 14.3. The molecule has 3 fully saturated rings. The van der Waals surface area contributed by atoms with Gasteiger partial charge in [0.15, 0.2) is 0 Å². The fourth-order valence-corrected chi connectivity index (χ4v) is 6.99. The van der Waals surface area contributed by atoms with Gasteiger partial charge in [-0.05, 0) is 43.9 Å². The number of carbonyl (C=O) groups is 5. The third-order valence-electron chi connectivity index (χ3n) is 8.32. The number of amides is 5. The van der Waals surface area contributed by atoms with Gasteiger partial charge in [-0.3, -0.25) is 28.8 Å². The van der Waals surface area contributed by atoms with Gasteiger partial charge in [0, 0.05) is 24.4 Å². The van der Waals surface area contributed by atoms with E-state index in [-0.39, 0.29) is 32.5 Å². The van der Waals surface area contributed by atoms with Gasteiger partial charge in [-0.25, -0.2) is 17.6 Å². The van der Waals surface area contributed by atoms with E-state index in [2.05, 4.69) is 21.9 Å². The quantitative estimate of drug-likeness (QED) is 0.249. The number of ether oxygens (including phenoxy) is 1. The summed E-state index contributed by atoms with van der Waals surface area (Å²) < 4.78 is 46.8. The molecule has 2 aliphatic heterocycles. The van der Waals surface area contributed by atoms with Crippen LogP contribution in [0.15, 0.2) is 43.0 Å². The Morgan fingerprint density at radius 3 is 2.57 bits per heavy atom. The molecular formula is C29H34FN5O8S. The fourth-order valence-electron chi connectivity index (χ4n) is 5.63. The molecular weight excluding hydrogens is 597 g/mol. The number of benzene rings is 1. The SMILES string of the molecule is C=C[C@@H]1C[C@]1(NC(=O)[C@@H]1CC(OC(=O)N2Cc3cccc(F)c3C2)CN1C(=O)CNC(=O)C=CC)C(=O)NS(=O)(=O)C1CC1. The summed E-state index contributed by atoms with van der Waals surface area (Å²) in [5.74, 6) is -3.78. The molecule has 0 bridgehead atoms. The maximum atomic E-state index is 14.2. The van der Waals surface area contributed by atoms with Crippen molar-refractivity contribution in [1.82, 2.24) is 25.2 Å². The molecule has 1 unspecified atom stereocenters. The van der Waals surface area contributed by atoms with Crippen molar-refractivity contribution in [1.29, 1.82) is 0 Å². The highest BCUT2D eigenvalue weighted by atomic mass is 32.2. The number of fused-ring (bicyclic) bond motifs is 1. The maximum Gasteiger partial charge on any atom is 0.410 e. The van der Waals surface area contributed by atoms with Crippen molar-refractivity contribution >= 4 is 39.7 Å². The third-order valence-corrected chi connectivity index (χ3v) is 10.1. The molecule has 44 heavy (non-hydrogen) atoms. The van der Waals surface area contributed by atoms with Gasteiger partial charge < -0.3 is 20.3 Å². The van der Waals surface area contributed by atoms with Crippen LogP contribution >= 0.6 is 0 Å². The second-order valence-electron chi connectivity index (χ2n) is 11.4. The van der Waals surface area contributed by atoms with Crippen molar-refractivity contribution < 1.29 is 41.5 Å². The average molecular weight is 632 g/mol. The molecule has 2 heterocycles. The molecule has 5 rings (SSSR count). The van der Waals surface area contributed by atoms with Crippen LogP contribution in [0.25, 0.3) is 0 Å². The summed E-state index contributed by atoms with van der Waals surface area (Å²) in [6.07, 6.45) is 3.33. The first kappa shape index (κ1) is 31.2. The van der Waals surface area contributed by atoms with E-state index in [4.69, 9.17) is 4.74 Å². The fraction of sp³-hybridized carbons (Fsp3) is 0.483. The molecule has 0 aromatic heterocycles. The van der Waals surface area contributed by atoms with Crippen LogP contribution < -0.4 is 15.4 Å². The van der Waals surface area contributed by atoms with Crippen LogP contribution in [-0.2, 0) is 47.0 Å². The molecule has 15 heteroatoms. The van der Waals surface area contributed by atoms with Crippen LogP contribution in [0.2, 0.25) is 0 Å². The molecule has 3 N–H and O–H groups in total. The van der Waals surface area contributed by atoms with Gasteiger partial charge in [-0.1, -0.05) is 24.3 Å². The molecule has 13 nitrogen and oxygen atoms in total. The Labute approximate surface area is 253 Å². The van der Waals surface area contributed by atoms with E-state index in [0.29, 0.717) is 24.0 Å². The lowest BCUT2D eigenvalue weighted by Gasteiger charge is -2.26. The molecule has 5 amide bonds. The Balaban J connectivity index is 1.29. The van der Waals surface area contributed by atoms with E-state index in [9.17, 15) is 36.8 Å². The molecule has 1 aromatic carbocycles. The number of halogens is 1. The highest BCUT2D eigenvalue weighted by molar-refractivity contribution is 7.91. The first-order chi connectivity index (χ1) is 20.9. The molecule has 236 valence electrons. The predicted molar refractivity (Wildman–Crippen MR) is 153 cm³/mol. The average Bonchev–Trinajstić information content (AvgIpc) is 3.86. The lowest BCUT2D eigenvalue weighted by Crippen LogP contribution is -2.57. The summed E-state index contributed by atoms with van der Waals surface area (Å²) in [5, 5.41) is 4.41. The van der Waals surface area contributed by atoms with Crippen LogP contribution in [0.5, 0.6) is 0 Å². The largest absolute Gasteiger partial charge is 0.444 e. The van der Waals surface area contributed by atoms with Crippen molar-refractivity contribution in [3.8, 4) is 0 Å². The number of nitrogens with one attached hydrogen (secondary N) is 3. The maximum absolute atomic E-state index is 14.2. The smallest absolute Gasteiger partial charge is 0.410 e. The van der Waals surface area contributed by atoms with E-state index in [1.165, 1.54) is 29.2 Å². The Hall–Kier alpha value is -4.27. The van der Waals surface area contributed by atoms with Gasteiger partial charge in [-0.15, -0.1) is 6.58 Å². The van der Waals surface area contributed by atoms with E-state index < -0.39 is 81.0 Å². The minimum absolute atomic E-state index is 0.00142. The summed E-state index contributed by atoms with van der Waals surface area (Å²) in [7, 11) is -3.89.